The molecule has 0 spiro atoms. The fourth-order valence-electron chi connectivity index (χ4n) is 1.75. The summed E-state index contributed by atoms with van der Waals surface area (Å²) in [6.07, 6.45) is 1.83. The van der Waals surface area contributed by atoms with Gasteiger partial charge in [-0.1, -0.05) is 17.7 Å². The monoisotopic (exact) mass is 296 g/mol. The van der Waals surface area contributed by atoms with Crippen molar-refractivity contribution in [3.63, 3.8) is 0 Å². The number of aromatic nitrogens is 1. The van der Waals surface area contributed by atoms with E-state index in [2.05, 4.69) is 24.1 Å². The fraction of sp³-hybridized carbons (Fsp3) is 0.357. The van der Waals surface area contributed by atoms with Crippen LogP contribution in [-0.4, -0.2) is 12.1 Å². The van der Waals surface area contributed by atoms with Crippen molar-refractivity contribution in [1.82, 2.24) is 10.3 Å². The van der Waals surface area contributed by atoms with Crippen LogP contribution in [0.4, 0.5) is 0 Å². The number of nitrogens with zero attached hydrogens (tertiary/aromatic N) is 1. The van der Waals surface area contributed by atoms with Gasteiger partial charge in [0.1, 0.15) is 10.8 Å². The van der Waals surface area contributed by atoms with Crippen molar-refractivity contribution >= 4 is 22.9 Å². The van der Waals surface area contributed by atoms with Crippen LogP contribution in [0.25, 0.3) is 0 Å². The summed E-state index contributed by atoms with van der Waals surface area (Å²) in [5, 5.41) is 7.19. The molecule has 0 fully saturated rings. The van der Waals surface area contributed by atoms with E-state index >= 15 is 0 Å². The third kappa shape index (κ3) is 3.47. The summed E-state index contributed by atoms with van der Waals surface area (Å²) in [5.74, 6) is 0.699. The predicted octanol–water partition coefficient (Wildman–Crippen LogP) is 3.83. The van der Waals surface area contributed by atoms with Crippen LogP contribution in [0, 0.1) is 0 Å². The second-order valence-electron chi connectivity index (χ2n) is 4.78. The first-order valence-electron chi connectivity index (χ1n) is 6.00. The van der Waals surface area contributed by atoms with Crippen LogP contribution in [-0.2, 0) is 12.1 Å². The van der Waals surface area contributed by atoms with E-state index in [0.29, 0.717) is 10.8 Å². The van der Waals surface area contributed by atoms with Crippen molar-refractivity contribution in [3.05, 3.63) is 45.4 Å². The molecule has 0 radical (unpaired) electrons. The van der Waals surface area contributed by atoms with Gasteiger partial charge in [0.2, 0.25) is 0 Å². The van der Waals surface area contributed by atoms with E-state index in [4.69, 9.17) is 16.3 Å². The summed E-state index contributed by atoms with van der Waals surface area (Å²) in [5.41, 5.74) is 0.969. The first-order valence-corrected chi connectivity index (χ1v) is 7.26. The Hall–Kier alpha value is -1.10. The molecule has 1 heterocycles. The Morgan fingerprint density at radius 2 is 2.21 bits per heavy atom. The van der Waals surface area contributed by atoms with Crippen molar-refractivity contribution in [3.8, 4) is 5.75 Å². The van der Waals surface area contributed by atoms with Crippen molar-refractivity contribution in [1.29, 1.82) is 0 Å². The number of ether oxygens (including phenoxy) is 1. The number of thiazole rings is 1. The highest BCUT2D eigenvalue weighted by Crippen LogP contribution is 2.26. The molecule has 2 rings (SSSR count). The molecule has 3 nitrogen and oxygen atoms in total. The number of methoxy groups -OCH3 is 1. The minimum absolute atomic E-state index is 0.152. The van der Waals surface area contributed by atoms with E-state index in [1.54, 1.807) is 18.4 Å². The highest BCUT2D eigenvalue weighted by Gasteiger charge is 2.22. The summed E-state index contributed by atoms with van der Waals surface area (Å²) in [6.45, 7) is 4.98. The van der Waals surface area contributed by atoms with Crippen LogP contribution in [0.15, 0.2) is 29.8 Å². The van der Waals surface area contributed by atoms with Crippen LogP contribution >= 0.6 is 22.9 Å². The first kappa shape index (κ1) is 14.3. The van der Waals surface area contributed by atoms with Gasteiger partial charge in [0.15, 0.2) is 0 Å². The normalized spacial score (nSPS) is 11.6. The summed E-state index contributed by atoms with van der Waals surface area (Å²) < 4.78 is 5.14. The number of benzene rings is 1. The molecule has 0 aliphatic heterocycles. The highest BCUT2D eigenvalue weighted by molar-refractivity contribution is 7.09. The zero-order valence-electron chi connectivity index (χ0n) is 11.2. The van der Waals surface area contributed by atoms with E-state index in [9.17, 15) is 0 Å². The topological polar surface area (TPSA) is 34.1 Å². The van der Waals surface area contributed by atoms with Crippen LogP contribution in [0.5, 0.6) is 5.75 Å². The van der Waals surface area contributed by atoms with Crippen LogP contribution in [0.2, 0.25) is 5.02 Å². The molecule has 0 bridgehead atoms. The molecule has 0 aliphatic rings. The maximum atomic E-state index is 6.12. The van der Waals surface area contributed by atoms with Crippen molar-refractivity contribution in [2.45, 2.75) is 25.9 Å². The second-order valence-corrected chi connectivity index (χ2v) is 6.09. The van der Waals surface area contributed by atoms with Gasteiger partial charge in [0.05, 0.1) is 17.7 Å². The molecule has 0 saturated heterocycles. The average Bonchev–Trinajstić information content (AvgIpc) is 2.91. The molecule has 0 aliphatic carbocycles. The smallest absolute Gasteiger partial charge is 0.137 e. The predicted molar refractivity (Wildman–Crippen MR) is 80.0 cm³/mol. The zero-order valence-corrected chi connectivity index (χ0v) is 12.8. The van der Waals surface area contributed by atoms with Gasteiger partial charge in [-0.2, -0.15) is 0 Å². The number of nitrogens with one attached hydrogen (secondary N) is 1. The molecule has 2 aromatic rings. The number of rotatable bonds is 5. The lowest BCUT2D eigenvalue weighted by Crippen LogP contribution is -2.35. The van der Waals surface area contributed by atoms with Gasteiger partial charge in [-0.05, 0) is 31.5 Å². The van der Waals surface area contributed by atoms with Gasteiger partial charge in [0, 0.05) is 18.1 Å². The summed E-state index contributed by atoms with van der Waals surface area (Å²) in [4.78, 5) is 4.36. The summed E-state index contributed by atoms with van der Waals surface area (Å²) >= 11 is 7.77. The molecule has 0 saturated carbocycles. The lowest BCUT2D eigenvalue weighted by molar-refractivity contribution is 0.398. The largest absolute Gasteiger partial charge is 0.495 e. The Morgan fingerprint density at radius 1 is 1.42 bits per heavy atom. The van der Waals surface area contributed by atoms with Crippen molar-refractivity contribution in [2.24, 2.45) is 0 Å². The molecular weight excluding hydrogens is 280 g/mol. The Labute approximate surface area is 122 Å². The Bertz CT molecular complexity index is 540. The maximum absolute atomic E-state index is 6.12. The van der Waals surface area contributed by atoms with E-state index in [1.165, 1.54) is 0 Å². The minimum Gasteiger partial charge on any atom is -0.495 e. The zero-order chi connectivity index (χ0) is 13.9. The second kappa shape index (κ2) is 5.90. The van der Waals surface area contributed by atoms with Crippen molar-refractivity contribution < 1.29 is 4.74 Å². The SMILES string of the molecule is COc1ccc(CNC(C)(C)c2nccs2)cc1Cl. The molecule has 1 aromatic carbocycles. The molecule has 0 unspecified atom stereocenters. The average molecular weight is 297 g/mol. The molecule has 5 heteroatoms. The van der Waals surface area contributed by atoms with Crippen LogP contribution < -0.4 is 10.1 Å². The van der Waals surface area contributed by atoms with Gasteiger partial charge in [-0.15, -0.1) is 11.3 Å². The number of hydrogen-bond donors (Lipinski definition) is 1. The van der Waals surface area contributed by atoms with Gasteiger partial charge in [0.25, 0.3) is 0 Å². The van der Waals surface area contributed by atoms with E-state index < -0.39 is 0 Å². The fourth-order valence-corrected chi connectivity index (χ4v) is 2.77. The summed E-state index contributed by atoms with van der Waals surface area (Å²) in [7, 11) is 1.62. The van der Waals surface area contributed by atoms with Crippen LogP contribution in [0.1, 0.15) is 24.4 Å². The Kier molecular flexibility index (Phi) is 4.45. The lowest BCUT2D eigenvalue weighted by atomic mass is 10.1. The van der Waals surface area contributed by atoms with Crippen LogP contribution in [0.3, 0.4) is 0 Å². The number of halogens is 1. The summed E-state index contributed by atoms with van der Waals surface area (Å²) in [6, 6.07) is 5.82. The Balaban J connectivity index is 2.04. The van der Waals surface area contributed by atoms with E-state index in [0.717, 1.165) is 17.1 Å². The quantitative estimate of drug-likeness (QED) is 0.910. The molecular formula is C14H17ClN2OS. The molecule has 0 amide bonds. The van der Waals surface area contributed by atoms with E-state index in [-0.39, 0.29) is 5.54 Å². The molecule has 19 heavy (non-hydrogen) atoms. The highest BCUT2D eigenvalue weighted by atomic mass is 35.5. The Morgan fingerprint density at radius 3 is 2.79 bits per heavy atom. The van der Waals surface area contributed by atoms with Gasteiger partial charge in [-0.3, -0.25) is 0 Å². The van der Waals surface area contributed by atoms with E-state index in [1.807, 2.05) is 29.8 Å². The van der Waals surface area contributed by atoms with Gasteiger partial charge in [-0.25, -0.2) is 4.98 Å². The maximum Gasteiger partial charge on any atom is 0.137 e. The van der Waals surface area contributed by atoms with Gasteiger partial charge >= 0.3 is 0 Å². The number of hydrogen-bond acceptors (Lipinski definition) is 4. The standard InChI is InChI=1S/C14H17ClN2OS/c1-14(2,13-16-6-7-19-13)17-9-10-4-5-12(18-3)11(15)8-10/h4-8,17H,9H2,1-3H3. The molecule has 1 N–H and O–H groups in total. The van der Waals surface area contributed by atoms with Crippen molar-refractivity contribution in [2.75, 3.05) is 7.11 Å². The molecule has 102 valence electrons. The third-order valence-corrected chi connectivity index (χ3v) is 4.31. The lowest BCUT2D eigenvalue weighted by Gasteiger charge is -2.24. The van der Waals surface area contributed by atoms with Gasteiger partial charge < -0.3 is 10.1 Å². The molecule has 1 aromatic heterocycles. The molecule has 0 atom stereocenters. The minimum atomic E-state index is -0.152. The third-order valence-electron chi connectivity index (χ3n) is 2.92. The first-order chi connectivity index (χ1) is 9.03.